The minimum Gasteiger partial charge on any atom is -0.464 e. The lowest BCUT2D eigenvalue weighted by molar-refractivity contribution is 0.0481. The lowest BCUT2D eigenvalue weighted by Crippen LogP contribution is -2.01. The maximum absolute atomic E-state index is 12.9. The Bertz CT molecular complexity index is 304. The number of halogens is 3. The summed E-state index contributed by atoms with van der Waals surface area (Å²) in [4.78, 5) is 0. The van der Waals surface area contributed by atoms with Crippen LogP contribution in [0.2, 0.25) is 0 Å². The lowest BCUT2D eigenvalue weighted by Gasteiger charge is -2.06. The van der Waals surface area contributed by atoms with E-state index in [0.717, 1.165) is 6.07 Å². The van der Waals surface area contributed by atoms with Crippen LogP contribution in [0, 0.1) is 11.6 Å². The van der Waals surface area contributed by atoms with Gasteiger partial charge in [0.15, 0.2) is 18.4 Å². The van der Waals surface area contributed by atoms with E-state index < -0.39 is 11.6 Å². The lowest BCUT2D eigenvalue weighted by atomic mass is 10.3. The molecule has 0 unspecified atom stereocenters. The van der Waals surface area contributed by atoms with Crippen LogP contribution in [-0.2, 0) is 4.74 Å². The molecular weight excluding hydrogens is 246 g/mol. The zero-order chi connectivity index (χ0) is 9.84. The van der Waals surface area contributed by atoms with Gasteiger partial charge in [0.05, 0.1) is 4.47 Å². The Hall–Kier alpha value is -0.680. The molecule has 0 aliphatic carbocycles. The van der Waals surface area contributed by atoms with Crippen molar-refractivity contribution in [1.29, 1.82) is 0 Å². The van der Waals surface area contributed by atoms with Gasteiger partial charge in [-0.15, -0.1) is 0 Å². The maximum Gasteiger partial charge on any atom is 0.188 e. The molecule has 0 bridgehead atoms. The monoisotopic (exact) mass is 252 g/mol. The highest BCUT2D eigenvalue weighted by atomic mass is 79.9. The van der Waals surface area contributed by atoms with Crippen LogP contribution in [0.3, 0.4) is 0 Å². The zero-order valence-electron chi connectivity index (χ0n) is 6.81. The molecule has 1 aromatic carbocycles. The van der Waals surface area contributed by atoms with Gasteiger partial charge in [-0.1, -0.05) is 0 Å². The molecule has 1 aromatic rings. The molecule has 0 amide bonds. The Balaban J connectivity index is 2.88. The molecule has 2 nitrogen and oxygen atoms in total. The third-order valence-electron chi connectivity index (χ3n) is 1.31. The highest BCUT2D eigenvalue weighted by Crippen LogP contribution is 2.25. The molecule has 0 N–H and O–H groups in total. The molecule has 0 saturated carbocycles. The quantitative estimate of drug-likeness (QED) is 0.609. The SMILES string of the molecule is COCOc1cc(Br)c(F)cc1F. The van der Waals surface area contributed by atoms with Gasteiger partial charge >= 0.3 is 0 Å². The van der Waals surface area contributed by atoms with E-state index in [4.69, 9.17) is 4.74 Å². The summed E-state index contributed by atoms with van der Waals surface area (Å²) in [6.07, 6.45) is 0. The van der Waals surface area contributed by atoms with E-state index in [-0.39, 0.29) is 17.0 Å². The van der Waals surface area contributed by atoms with Crippen molar-refractivity contribution in [3.05, 3.63) is 28.2 Å². The second-order valence-electron chi connectivity index (χ2n) is 2.25. The van der Waals surface area contributed by atoms with Gasteiger partial charge in [-0.3, -0.25) is 0 Å². The van der Waals surface area contributed by atoms with Crippen LogP contribution in [0.4, 0.5) is 8.78 Å². The molecule has 5 heteroatoms. The average molecular weight is 253 g/mol. The van der Waals surface area contributed by atoms with Crippen molar-refractivity contribution in [3.63, 3.8) is 0 Å². The molecule has 1 rings (SSSR count). The molecule has 13 heavy (non-hydrogen) atoms. The number of hydrogen-bond acceptors (Lipinski definition) is 2. The molecular formula is C8H7BrF2O2. The van der Waals surface area contributed by atoms with E-state index in [1.54, 1.807) is 0 Å². The first-order valence-electron chi connectivity index (χ1n) is 3.41. The summed E-state index contributed by atoms with van der Waals surface area (Å²) in [5.74, 6) is -1.46. The minimum atomic E-state index is -0.752. The fraction of sp³-hybridized carbons (Fsp3) is 0.250. The Morgan fingerprint density at radius 1 is 1.31 bits per heavy atom. The normalized spacial score (nSPS) is 10.2. The molecule has 0 spiro atoms. The summed E-state index contributed by atoms with van der Waals surface area (Å²) in [5, 5.41) is 0. The highest BCUT2D eigenvalue weighted by Gasteiger charge is 2.08. The highest BCUT2D eigenvalue weighted by molar-refractivity contribution is 9.10. The number of rotatable bonds is 3. The Morgan fingerprint density at radius 3 is 2.62 bits per heavy atom. The van der Waals surface area contributed by atoms with Crippen LogP contribution in [-0.4, -0.2) is 13.9 Å². The smallest absolute Gasteiger partial charge is 0.188 e. The van der Waals surface area contributed by atoms with E-state index in [2.05, 4.69) is 20.7 Å². The molecule has 0 aliphatic heterocycles. The molecule has 0 fully saturated rings. The van der Waals surface area contributed by atoms with Crippen molar-refractivity contribution in [2.24, 2.45) is 0 Å². The predicted molar refractivity (Wildman–Crippen MR) is 46.6 cm³/mol. The molecule has 0 aliphatic rings. The Morgan fingerprint density at radius 2 is 2.00 bits per heavy atom. The van der Waals surface area contributed by atoms with Crippen molar-refractivity contribution in [3.8, 4) is 5.75 Å². The van der Waals surface area contributed by atoms with Gasteiger partial charge < -0.3 is 9.47 Å². The molecule has 0 aromatic heterocycles. The molecule has 0 heterocycles. The van der Waals surface area contributed by atoms with E-state index >= 15 is 0 Å². The van der Waals surface area contributed by atoms with Crippen LogP contribution < -0.4 is 4.74 Å². The van der Waals surface area contributed by atoms with E-state index in [1.165, 1.54) is 13.2 Å². The summed E-state index contributed by atoms with van der Waals surface area (Å²) in [6, 6.07) is 1.96. The maximum atomic E-state index is 12.9. The molecule has 0 atom stereocenters. The molecule has 72 valence electrons. The number of benzene rings is 1. The zero-order valence-corrected chi connectivity index (χ0v) is 8.40. The van der Waals surface area contributed by atoms with Crippen LogP contribution in [0.1, 0.15) is 0 Å². The Labute approximate surface area is 82.6 Å². The van der Waals surface area contributed by atoms with Gasteiger partial charge in [-0.25, -0.2) is 8.78 Å². The summed E-state index contributed by atoms with van der Waals surface area (Å²) in [7, 11) is 1.41. The summed E-state index contributed by atoms with van der Waals surface area (Å²) >= 11 is 2.91. The second kappa shape index (κ2) is 4.53. The van der Waals surface area contributed by atoms with Gasteiger partial charge in [-0.05, 0) is 15.9 Å². The van der Waals surface area contributed by atoms with Crippen molar-refractivity contribution in [2.45, 2.75) is 0 Å². The van der Waals surface area contributed by atoms with Crippen LogP contribution in [0.25, 0.3) is 0 Å². The predicted octanol–water partition coefficient (Wildman–Crippen LogP) is 2.71. The first-order chi connectivity index (χ1) is 6.15. The van der Waals surface area contributed by atoms with Crippen LogP contribution in [0.15, 0.2) is 16.6 Å². The Kier molecular flexibility index (Phi) is 3.62. The summed E-state index contributed by atoms with van der Waals surface area (Å²) in [5.41, 5.74) is 0. The fourth-order valence-electron chi connectivity index (χ4n) is 0.737. The average Bonchev–Trinajstić information content (AvgIpc) is 2.09. The largest absolute Gasteiger partial charge is 0.464 e. The van der Waals surface area contributed by atoms with Gasteiger partial charge in [0.1, 0.15) is 5.82 Å². The first kappa shape index (κ1) is 10.4. The standard InChI is InChI=1S/C8H7BrF2O2/c1-12-4-13-8-2-5(9)6(10)3-7(8)11/h2-3H,4H2,1H3. The van der Waals surface area contributed by atoms with E-state index in [0.29, 0.717) is 0 Å². The van der Waals surface area contributed by atoms with Gasteiger partial charge in [0.2, 0.25) is 0 Å². The van der Waals surface area contributed by atoms with Crippen molar-refractivity contribution >= 4 is 15.9 Å². The second-order valence-corrected chi connectivity index (χ2v) is 3.10. The third kappa shape index (κ3) is 2.63. The third-order valence-corrected chi connectivity index (χ3v) is 1.91. The molecule has 0 radical (unpaired) electrons. The van der Waals surface area contributed by atoms with E-state index in [9.17, 15) is 8.78 Å². The number of methoxy groups -OCH3 is 1. The van der Waals surface area contributed by atoms with Crippen molar-refractivity contribution < 1.29 is 18.3 Å². The number of hydrogen-bond donors (Lipinski definition) is 0. The number of ether oxygens (including phenoxy) is 2. The topological polar surface area (TPSA) is 18.5 Å². The summed E-state index contributed by atoms with van der Waals surface area (Å²) < 4.78 is 35.2. The van der Waals surface area contributed by atoms with Crippen molar-refractivity contribution in [1.82, 2.24) is 0 Å². The van der Waals surface area contributed by atoms with Crippen LogP contribution >= 0.6 is 15.9 Å². The van der Waals surface area contributed by atoms with Gasteiger partial charge in [0, 0.05) is 19.2 Å². The summed E-state index contributed by atoms with van der Waals surface area (Å²) in [6.45, 7) is -0.0744. The first-order valence-corrected chi connectivity index (χ1v) is 4.20. The fourth-order valence-corrected chi connectivity index (χ4v) is 1.06. The van der Waals surface area contributed by atoms with E-state index in [1.807, 2.05) is 0 Å². The molecule has 0 saturated heterocycles. The van der Waals surface area contributed by atoms with Crippen LogP contribution in [0.5, 0.6) is 5.75 Å². The minimum absolute atomic E-state index is 0.0462. The van der Waals surface area contributed by atoms with Gasteiger partial charge in [-0.2, -0.15) is 0 Å². The van der Waals surface area contributed by atoms with Crippen molar-refractivity contribution in [2.75, 3.05) is 13.9 Å². The van der Waals surface area contributed by atoms with Gasteiger partial charge in [0.25, 0.3) is 0 Å².